The number of pyridine rings is 1. The number of allylic oxidation sites excluding steroid dienone is 2. The van der Waals surface area contributed by atoms with Gasteiger partial charge in [-0.1, -0.05) is 13.0 Å². The van der Waals surface area contributed by atoms with Gasteiger partial charge in [-0.15, -0.1) is 0 Å². The molecule has 0 saturated heterocycles. The van der Waals surface area contributed by atoms with Gasteiger partial charge in [-0.25, -0.2) is 18.4 Å². The minimum Gasteiger partial charge on any atom is -0.472 e. The van der Waals surface area contributed by atoms with Crippen LogP contribution in [0.15, 0.2) is 35.9 Å². The molecule has 0 saturated carbocycles. The first-order chi connectivity index (χ1) is 16.6. The molecule has 3 atom stereocenters. The van der Waals surface area contributed by atoms with Gasteiger partial charge in [0, 0.05) is 39.0 Å². The minimum absolute atomic E-state index is 0.0419. The average molecular weight is 504 g/mol. The van der Waals surface area contributed by atoms with Crippen molar-refractivity contribution in [3.05, 3.63) is 42.0 Å². The summed E-state index contributed by atoms with van der Waals surface area (Å²) in [4.78, 5) is 23.6. The summed E-state index contributed by atoms with van der Waals surface area (Å²) in [6, 6.07) is 1.39. The highest BCUT2D eigenvalue weighted by Gasteiger charge is 2.36. The van der Waals surface area contributed by atoms with Gasteiger partial charge in [0.1, 0.15) is 11.7 Å². The van der Waals surface area contributed by atoms with Crippen LogP contribution in [0, 0.1) is 5.92 Å². The number of aliphatic hydroxyl groups excluding tert-OH is 1. The van der Waals surface area contributed by atoms with Gasteiger partial charge in [0.15, 0.2) is 5.03 Å². The van der Waals surface area contributed by atoms with Gasteiger partial charge in [0.05, 0.1) is 25.5 Å². The van der Waals surface area contributed by atoms with E-state index in [9.17, 15) is 18.3 Å². The molecule has 0 unspecified atom stereocenters. The van der Waals surface area contributed by atoms with Crippen LogP contribution < -0.4 is 4.74 Å². The van der Waals surface area contributed by atoms with E-state index < -0.39 is 22.2 Å². The van der Waals surface area contributed by atoms with Crippen LogP contribution in [-0.4, -0.2) is 82.1 Å². The van der Waals surface area contributed by atoms with Crippen molar-refractivity contribution in [2.24, 2.45) is 13.0 Å². The average Bonchev–Trinajstić information content (AvgIpc) is 3.53. The van der Waals surface area contributed by atoms with E-state index in [1.54, 1.807) is 35.7 Å². The SMILES string of the molecule is C[C@H]1CN([C@@H](C)CO)C(=O)c2cc(C3=CCCC3)cnc2O[C@@H]1CN(C)S(=O)(=O)c1cn(C)cn1. The molecule has 1 aliphatic carbocycles. The van der Waals surface area contributed by atoms with Gasteiger partial charge >= 0.3 is 0 Å². The molecule has 3 heterocycles. The molecule has 1 N–H and O–H groups in total. The van der Waals surface area contributed by atoms with Crippen molar-refractivity contribution < 1.29 is 23.1 Å². The molecule has 190 valence electrons. The number of aliphatic hydroxyl groups is 1. The third-order valence-electron chi connectivity index (χ3n) is 6.73. The number of likely N-dealkylation sites (N-methyl/N-ethyl adjacent to an activating group) is 1. The van der Waals surface area contributed by atoms with Crippen molar-refractivity contribution in [1.29, 1.82) is 0 Å². The van der Waals surface area contributed by atoms with Crippen molar-refractivity contribution in [2.45, 2.75) is 50.3 Å². The lowest BCUT2D eigenvalue weighted by molar-refractivity contribution is 0.0373. The van der Waals surface area contributed by atoms with Crippen LogP contribution in [-0.2, 0) is 17.1 Å². The van der Waals surface area contributed by atoms with Gasteiger partial charge in [0.25, 0.3) is 15.9 Å². The smallest absolute Gasteiger partial charge is 0.261 e. The number of aryl methyl sites for hydroxylation is 1. The highest BCUT2D eigenvalue weighted by Crippen LogP contribution is 2.32. The Balaban J connectivity index is 1.68. The number of amides is 1. The first-order valence-electron chi connectivity index (χ1n) is 11.8. The Morgan fingerprint density at radius 3 is 2.74 bits per heavy atom. The Morgan fingerprint density at radius 2 is 2.11 bits per heavy atom. The lowest BCUT2D eigenvalue weighted by Gasteiger charge is -2.37. The Hall–Kier alpha value is -2.76. The van der Waals surface area contributed by atoms with E-state index in [1.165, 1.54) is 23.9 Å². The predicted octanol–water partition coefficient (Wildman–Crippen LogP) is 1.92. The molecule has 2 aliphatic rings. The zero-order valence-corrected chi connectivity index (χ0v) is 21.4. The van der Waals surface area contributed by atoms with E-state index in [2.05, 4.69) is 16.0 Å². The molecular formula is C24H33N5O5S. The van der Waals surface area contributed by atoms with E-state index in [1.807, 2.05) is 6.92 Å². The van der Waals surface area contributed by atoms with Gasteiger partial charge in [0.2, 0.25) is 5.88 Å². The van der Waals surface area contributed by atoms with Crippen molar-refractivity contribution in [2.75, 3.05) is 26.7 Å². The van der Waals surface area contributed by atoms with Crippen molar-refractivity contribution >= 4 is 21.5 Å². The molecule has 0 fully saturated rings. The summed E-state index contributed by atoms with van der Waals surface area (Å²) in [7, 11) is -0.634. The second kappa shape index (κ2) is 10.1. The van der Waals surface area contributed by atoms with E-state index in [-0.39, 0.29) is 35.9 Å². The molecule has 35 heavy (non-hydrogen) atoms. The van der Waals surface area contributed by atoms with E-state index in [0.29, 0.717) is 12.1 Å². The molecule has 1 amide bonds. The number of ether oxygens (including phenoxy) is 1. The maximum absolute atomic E-state index is 13.5. The number of sulfonamides is 1. The van der Waals surface area contributed by atoms with Crippen LogP contribution in [0.25, 0.3) is 5.57 Å². The highest BCUT2D eigenvalue weighted by atomic mass is 32.2. The topological polar surface area (TPSA) is 118 Å². The van der Waals surface area contributed by atoms with Crippen LogP contribution >= 0.6 is 0 Å². The van der Waals surface area contributed by atoms with E-state index >= 15 is 0 Å². The summed E-state index contributed by atoms with van der Waals surface area (Å²) in [5.74, 6) is -0.316. The molecule has 0 radical (unpaired) electrons. The molecule has 1 aliphatic heterocycles. The van der Waals surface area contributed by atoms with Gasteiger partial charge in [-0.3, -0.25) is 4.79 Å². The third-order valence-corrected chi connectivity index (χ3v) is 8.43. The Morgan fingerprint density at radius 1 is 1.34 bits per heavy atom. The summed E-state index contributed by atoms with van der Waals surface area (Å²) in [6.45, 7) is 3.85. The second-order valence-electron chi connectivity index (χ2n) is 9.48. The first-order valence-corrected chi connectivity index (χ1v) is 13.3. The number of nitrogens with zero attached hydrogens (tertiary/aromatic N) is 5. The first kappa shape index (κ1) is 25.3. The lowest BCUT2D eigenvalue weighted by atomic mass is 9.99. The lowest BCUT2D eigenvalue weighted by Crippen LogP contribution is -2.50. The van der Waals surface area contributed by atoms with E-state index in [0.717, 1.165) is 30.4 Å². The van der Waals surface area contributed by atoms with Crippen LogP contribution in [0.5, 0.6) is 5.88 Å². The quantitative estimate of drug-likeness (QED) is 0.613. The number of carbonyl (C=O) groups excluding carboxylic acids is 1. The molecule has 0 spiro atoms. The van der Waals surface area contributed by atoms with Crippen LogP contribution in [0.2, 0.25) is 0 Å². The summed E-state index contributed by atoms with van der Waals surface area (Å²) < 4.78 is 35.2. The number of rotatable bonds is 7. The summed E-state index contributed by atoms with van der Waals surface area (Å²) in [5, 5.41) is 9.79. The maximum Gasteiger partial charge on any atom is 0.261 e. The van der Waals surface area contributed by atoms with Crippen LogP contribution in [0.4, 0.5) is 0 Å². The van der Waals surface area contributed by atoms with Crippen molar-refractivity contribution in [1.82, 2.24) is 23.7 Å². The summed E-state index contributed by atoms with van der Waals surface area (Å²) in [5.41, 5.74) is 2.36. The maximum atomic E-state index is 13.5. The molecule has 0 bridgehead atoms. The summed E-state index contributed by atoms with van der Waals surface area (Å²) in [6.07, 6.45) is 9.18. The Labute approximate surface area is 206 Å². The van der Waals surface area contributed by atoms with Crippen molar-refractivity contribution in [3.8, 4) is 5.88 Å². The van der Waals surface area contributed by atoms with Gasteiger partial charge in [-0.2, -0.15) is 4.31 Å². The number of hydrogen-bond acceptors (Lipinski definition) is 7. The molecule has 0 aromatic carbocycles. The van der Waals surface area contributed by atoms with Gasteiger partial charge < -0.3 is 19.3 Å². The standard InChI is InChI=1S/C24H33N5O5S/c1-16-11-29(17(2)14-30)24(31)20-9-19(18-7-5-6-8-18)10-25-23(20)34-21(16)12-28(4)35(32,33)22-13-27(3)15-26-22/h7,9-10,13,15-17,21,30H,5-6,8,11-12,14H2,1-4H3/t16-,17-,21+/m0/s1. The highest BCUT2D eigenvalue weighted by molar-refractivity contribution is 7.89. The Kier molecular flexibility index (Phi) is 7.30. The number of fused-ring (bicyclic) bond motifs is 1. The number of carbonyl (C=O) groups is 1. The molecule has 2 aromatic rings. The molecule has 4 rings (SSSR count). The number of hydrogen-bond donors (Lipinski definition) is 1. The predicted molar refractivity (Wildman–Crippen MR) is 130 cm³/mol. The largest absolute Gasteiger partial charge is 0.472 e. The van der Waals surface area contributed by atoms with Crippen LogP contribution in [0.1, 0.15) is 49.0 Å². The van der Waals surface area contributed by atoms with Crippen molar-refractivity contribution in [3.63, 3.8) is 0 Å². The van der Waals surface area contributed by atoms with Crippen LogP contribution in [0.3, 0.4) is 0 Å². The minimum atomic E-state index is -3.83. The second-order valence-corrected chi connectivity index (χ2v) is 11.5. The molecule has 11 heteroatoms. The third kappa shape index (κ3) is 5.12. The summed E-state index contributed by atoms with van der Waals surface area (Å²) >= 11 is 0. The van der Waals surface area contributed by atoms with Gasteiger partial charge in [-0.05, 0) is 43.4 Å². The number of aromatic nitrogens is 3. The molecule has 10 nitrogen and oxygen atoms in total. The molecule has 2 aromatic heterocycles. The fourth-order valence-corrected chi connectivity index (χ4v) is 5.60. The molecular weight excluding hydrogens is 470 g/mol. The van der Waals surface area contributed by atoms with E-state index in [4.69, 9.17) is 4.74 Å². The fraction of sp³-hybridized carbons (Fsp3) is 0.542. The monoisotopic (exact) mass is 503 g/mol. The Bertz CT molecular complexity index is 1220. The number of imidazole rings is 1. The zero-order valence-electron chi connectivity index (χ0n) is 20.6. The fourth-order valence-electron chi connectivity index (χ4n) is 4.46. The normalized spacial score (nSPS) is 21.8. The zero-order chi connectivity index (χ0) is 25.3.